The molecule has 0 aliphatic carbocycles. The fourth-order valence-electron chi connectivity index (χ4n) is 3.14. The molecule has 1 heterocycles. The molecule has 170 valence electrons. The van der Waals surface area contributed by atoms with Crippen molar-refractivity contribution in [2.75, 3.05) is 5.75 Å². The lowest BCUT2D eigenvalue weighted by Crippen LogP contribution is -2.42. The van der Waals surface area contributed by atoms with Gasteiger partial charge in [0, 0.05) is 17.7 Å². The zero-order valence-electron chi connectivity index (χ0n) is 17.5. The van der Waals surface area contributed by atoms with E-state index in [0.717, 1.165) is 17.8 Å². The number of hydrogen-bond acceptors (Lipinski definition) is 7. The number of fused-ring (bicyclic) bond motifs is 1. The van der Waals surface area contributed by atoms with Crippen LogP contribution in [0, 0.1) is 10.1 Å². The van der Waals surface area contributed by atoms with E-state index in [1.54, 1.807) is 48.5 Å². The second-order valence-corrected chi connectivity index (χ2v) is 7.93. The maximum Gasteiger partial charge on any atom is 0.270 e. The van der Waals surface area contributed by atoms with E-state index in [-0.39, 0.29) is 22.6 Å². The molecule has 0 atom stereocenters. The first-order valence-corrected chi connectivity index (χ1v) is 11.0. The van der Waals surface area contributed by atoms with Crippen molar-refractivity contribution in [2.24, 2.45) is 0 Å². The van der Waals surface area contributed by atoms with E-state index >= 15 is 0 Å². The number of non-ortho nitro benzene ring substituents is 1. The number of para-hydroxylation sites is 2. The number of carbonyl (C=O) groups excluding carboxylic acids is 2. The fraction of sp³-hybridized carbons (Fsp3) is 0.0435. The SMILES string of the molecule is O=C(CSc1nc2ccccc2c(=O)n1-c1ccccc1)NNC(=O)c1cccc([N+](=O)[O-])c1. The monoisotopic (exact) mass is 475 g/mol. The van der Waals surface area contributed by atoms with Gasteiger partial charge in [-0.15, -0.1) is 0 Å². The number of nitro groups is 1. The summed E-state index contributed by atoms with van der Waals surface area (Å²) in [7, 11) is 0. The third kappa shape index (κ3) is 4.94. The molecule has 2 N–H and O–H groups in total. The average molecular weight is 475 g/mol. The number of nitrogens with zero attached hydrogens (tertiary/aromatic N) is 3. The number of nitro benzene ring substituents is 1. The van der Waals surface area contributed by atoms with Crippen LogP contribution >= 0.6 is 11.8 Å². The molecule has 11 heteroatoms. The van der Waals surface area contributed by atoms with Crippen molar-refractivity contribution in [2.45, 2.75) is 5.16 Å². The largest absolute Gasteiger partial charge is 0.272 e. The standard InChI is InChI=1S/C23H17N5O5S/c29-20(25-26-21(30)15-7-6-10-17(13-15)28(32)33)14-34-23-24-19-12-5-4-11-18(19)22(31)27(23)16-8-2-1-3-9-16/h1-13H,14H2,(H,25,29)(H,26,30). The van der Waals surface area contributed by atoms with Crippen molar-refractivity contribution >= 4 is 40.2 Å². The number of rotatable bonds is 6. The van der Waals surface area contributed by atoms with Crippen molar-refractivity contribution in [1.82, 2.24) is 20.4 Å². The van der Waals surface area contributed by atoms with E-state index in [1.807, 2.05) is 6.07 Å². The normalized spacial score (nSPS) is 10.6. The molecule has 0 spiro atoms. The van der Waals surface area contributed by atoms with Crippen LogP contribution in [-0.2, 0) is 4.79 Å². The number of aromatic nitrogens is 2. The summed E-state index contributed by atoms with van der Waals surface area (Å²) in [6, 6.07) is 21.0. The maximum atomic E-state index is 13.1. The first-order chi connectivity index (χ1) is 16.4. The van der Waals surface area contributed by atoms with E-state index in [1.165, 1.54) is 22.8 Å². The van der Waals surface area contributed by atoms with Gasteiger partial charge in [-0.25, -0.2) is 4.98 Å². The molecule has 4 aromatic rings. The Kier molecular flexibility index (Phi) is 6.64. The minimum Gasteiger partial charge on any atom is -0.272 e. The number of amides is 2. The predicted octanol–water partition coefficient (Wildman–Crippen LogP) is 2.85. The molecule has 10 nitrogen and oxygen atoms in total. The highest BCUT2D eigenvalue weighted by atomic mass is 32.2. The molecule has 0 fully saturated rings. The second kappa shape index (κ2) is 9.96. The van der Waals surface area contributed by atoms with Gasteiger partial charge in [-0.2, -0.15) is 0 Å². The van der Waals surface area contributed by atoms with Gasteiger partial charge in [0.15, 0.2) is 5.16 Å². The van der Waals surface area contributed by atoms with Crippen LogP contribution < -0.4 is 16.4 Å². The molecule has 1 aromatic heterocycles. The van der Waals surface area contributed by atoms with Gasteiger partial charge < -0.3 is 0 Å². The summed E-state index contributed by atoms with van der Waals surface area (Å²) in [5, 5.41) is 11.6. The molecule has 0 saturated heterocycles. The van der Waals surface area contributed by atoms with E-state index in [4.69, 9.17) is 0 Å². The summed E-state index contributed by atoms with van der Waals surface area (Å²) in [6.45, 7) is 0. The lowest BCUT2D eigenvalue weighted by Gasteiger charge is -2.13. The molecule has 34 heavy (non-hydrogen) atoms. The summed E-state index contributed by atoms with van der Waals surface area (Å²) >= 11 is 1.03. The molecule has 0 radical (unpaired) electrons. The maximum absolute atomic E-state index is 13.1. The fourth-order valence-corrected chi connectivity index (χ4v) is 3.95. The van der Waals surface area contributed by atoms with Gasteiger partial charge in [-0.3, -0.25) is 39.9 Å². The van der Waals surface area contributed by atoms with Crippen molar-refractivity contribution < 1.29 is 14.5 Å². The van der Waals surface area contributed by atoms with Gasteiger partial charge in [-0.05, 0) is 30.3 Å². The molecule has 0 unspecified atom stereocenters. The van der Waals surface area contributed by atoms with Gasteiger partial charge in [0.1, 0.15) is 0 Å². The summed E-state index contributed by atoms with van der Waals surface area (Å²) in [5.41, 5.74) is 5.12. The van der Waals surface area contributed by atoms with Crippen molar-refractivity contribution in [3.63, 3.8) is 0 Å². The topological polar surface area (TPSA) is 136 Å². The quantitative estimate of drug-likeness (QED) is 0.189. The first-order valence-electron chi connectivity index (χ1n) is 9.97. The van der Waals surface area contributed by atoms with E-state index in [2.05, 4.69) is 15.8 Å². The number of hydrazine groups is 1. The Balaban J connectivity index is 1.49. The minimum absolute atomic E-state index is 0.0243. The van der Waals surface area contributed by atoms with Crippen LogP contribution in [0.3, 0.4) is 0 Å². The lowest BCUT2D eigenvalue weighted by atomic mass is 10.2. The number of nitrogens with one attached hydrogen (secondary N) is 2. The molecular weight excluding hydrogens is 458 g/mol. The van der Waals surface area contributed by atoms with Gasteiger partial charge in [0.05, 0.1) is 27.3 Å². The zero-order chi connectivity index (χ0) is 24.1. The Hall–Kier alpha value is -4.51. The highest BCUT2D eigenvalue weighted by Gasteiger charge is 2.16. The van der Waals surface area contributed by atoms with E-state index < -0.39 is 16.7 Å². The van der Waals surface area contributed by atoms with Gasteiger partial charge in [-0.1, -0.05) is 48.2 Å². The summed E-state index contributed by atoms with van der Waals surface area (Å²) < 4.78 is 1.43. The zero-order valence-corrected chi connectivity index (χ0v) is 18.3. The van der Waals surface area contributed by atoms with E-state index in [0.29, 0.717) is 21.7 Å². The van der Waals surface area contributed by atoms with E-state index in [9.17, 15) is 24.5 Å². The van der Waals surface area contributed by atoms with Crippen molar-refractivity contribution in [3.8, 4) is 5.69 Å². The third-order valence-electron chi connectivity index (χ3n) is 4.73. The van der Waals surface area contributed by atoms with Crippen molar-refractivity contribution in [1.29, 1.82) is 0 Å². The number of benzene rings is 3. The highest BCUT2D eigenvalue weighted by molar-refractivity contribution is 7.99. The Morgan fingerprint density at radius 2 is 1.71 bits per heavy atom. The molecular formula is C23H17N5O5S. The molecule has 0 bridgehead atoms. The first kappa shape index (κ1) is 22.7. The van der Waals surface area contributed by atoms with Crippen LogP contribution in [0.5, 0.6) is 0 Å². The van der Waals surface area contributed by atoms with Crippen molar-refractivity contribution in [3.05, 3.63) is 105 Å². The Bertz CT molecular complexity index is 1460. The minimum atomic E-state index is -0.702. The number of thioether (sulfide) groups is 1. The molecule has 2 amide bonds. The van der Waals surface area contributed by atoms with Crippen LogP contribution in [0.1, 0.15) is 10.4 Å². The molecule has 0 saturated carbocycles. The van der Waals surface area contributed by atoms with Gasteiger partial charge in [0.25, 0.3) is 17.2 Å². The van der Waals surface area contributed by atoms with Crippen LogP contribution in [0.2, 0.25) is 0 Å². The molecule has 3 aromatic carbocycles. The van der Waals surface area contributed by atoms with Crippen LogP contribution in [0.25, 0.3) is 16.6 Å². The second-order valence-electron chi connectivity index (χ2n) is 6.99. The highest BCUT2D eigenvalue weighted by Crippen LogP contribution is 2.21. The molecule has 0 aliphatic heterocycles. The number of hydrogen-bond donors (Lipinski definition) is 2. The van der Waals surface area contributed by atoms with Gasteiger partial charge >= 0.3 is 0 Å². The Labute approximate surface area is 196 Å². The average Bonchev–Trinajstić information content (AvgIpc) is 2.86. The summed E-state index contributed by atoms with van der Waals surface area (Å²) in [6.07, 6.45) is 0. The van der Waals surface area contributed by atoms with Gasteiger partial charge in [0.2, 0.25) is 5.91 Å². The summed E-state index contributed by atoms with van der Waals surface area (Å²) in [5.74, 6) is -1.40. The van der Waals surface area contributed by atoms with Crippen LogP contribution in [0.4, 0.5) is 5.69 Å². The Morgan fingerprint density at radius 3 is 2.47 bits per heavy atom. The van der Waals surface area contributed by atoms with Crippen LogP contribution in [-0.4, -0.2) is 32.0 Å². The third-order valence-corrected chi connectivity index (χ3v) is 5.66. The summed E-state index contributed by atoms with van der Waals surface area (Å²) in [4.78, 5) is 52.5. The predicted molar refractivity (Wildman–Crippen MR) is 127 cm³/mol. The Morgan fingerprint density at radius 1 is 0.971 bits per heavy atom. The van der Waals surface area contributed by atoms with Crippen LogP contribution in [0.15, 0.2) is 88.8 Å². The smallest absolute Gasteiger partial charge is 0.270 e. The number of carbonyl (C=O) groups is 2. The molecule has 0 aliphatic rings. The lowest BCUT2D eigenvalue weighted by molar-refractivity contribution is -0.384. The molecule has 4 rings (SSSR count).